The molecule has 0 aromatic carbocycles. The Kier molecular flexibility index (Phi) is 9.91. The average Bonchev–Trinajstić information content (AvgIpc) is 3.80. The fraction of sp³-hybridized carbons (Fsp3) is 0.545. The molecule has 250 valence electrons. The predicted molar refractivity (Wildman–Crippen MR) is 162 cm³/mol. The van der Waals surface area contributed by atoms with Crippen molar-refractivity contribution in [2.45, 2.75) is 49.1 Å². The van der Waals surface area contributed by atoms with Gasteiger partial charge in [0.2, 0.25) is 13.5 Å². The molecule has 47 heavy (non-hydrogen) atoms. The van der Waals surface area contributed by atoms with E-state index in [4.69, 9.17) is 51.6 Å². The zero-order valence-electron chi connectivity index (χ0n) is 24.1. The number of ether oxygens (including phenoxy) is 4. The van der Waals surface area contributed by atoms with E-state index in [0.717, 1.165) is 0 Å². The number of aromatic amines is 1. The van der Waals surface area contributed by atoms with Crippen LogP contribution < -0.4 is 17.0 Å². The first-order valence-corrected chi connectivity index (χ1v) is 16.6. The number of rotatable bonds is 13. The Hall–Kier alpha value is -3.11. The van der Waals surface area contributed by atoms with Gasteiger partial charge in [-0.25, -0.2) is 28.9 Å². The average molecular weight is 714 g/mol. The van der Waals surface area contributed by atoms with Crippen molar-refractivity contribution in [3.8, 4) is 0 Å². The lowest BCUT2D eigenvalue weighted by Gasteiger charge is -2.26. The monoisotopic (exact) mass is 714 g/mol. The quantitative estimate of drug-likeness (QED) is 0.0634. The van der Waals surface area contributed by atoms with E-state index in [1.165, 1.54) is 35.2 Å². The molecule has 5 N–H and O–H groups in total. The van der Waals surface area contributed by atoms with Crippen molar-refractivity contribution in [3.63, 3.8) is 0 Å². The lowest BCUT2D eigenvalue weighted by atomic mass is 10.1. The number of alkyl halides is 1. The summed E-state index contributed by atoms with van der Waals surface area (Å²) < 4.78 is 82.7. The van der Waals surface area contributed by atoms with Gasteiger partial charge in [-0.1, -0.05) is 0 Å². The van der Waals surface area contributed by atoms with Crippen LogP contribution in [0.2, 0.25) is 0 Å². The summed E-state index contributed by atoms with van der Waals surface area (Å²) in [5.74, 6) is -0.143. The Morgan fingerprint density at radius 2 is 1.77 bits per heavy atom. The largest absolute Gasteiger partial charge is 0.382 e. The number of H-pyrrole nitrogens is 1. The van der Waals surface area contributed by atoms with Crippen molar-refractivity contribution in [2.24, 2.45) is 0 Å². The summed E-state index contributed by atoms with van der Waals surface area (Å²) in [5, 5.41) is 0. The molecule has 0 aliphatic carbocycles. The third-order valence-electron chi connectivity index (χ3n) is 7.44. The second-order valence-electron chi connectivity index (χ2n) is 10.2. The fourth-order valence-corrected chi connectivity index (χ4v) is 6.86. The van der Waals surface area contributed by atoms with Gasteiger partial charge in [0.1, 0.15) is 42.4 Å². The molecule has 9 unspecified atom stereocenters. The Bertz CT molecular complexity index is 1870. The van der Waals surface area contributed by atoms with Crippen molar-refractivity contribution in [2.75, 3.05) is 37.7 Å². The van der Waals surface area contributed by atoms with Gasteiger partial charge < -0.3 is 39.5 Å². The standard InChI is InChI=1S/C22H26BFN10O10P2S/c1-38-14-9(42-21(15(14)43-45-36)34-6-30-12-18(34)31-22(26)32-19(12)35)3-40-46(23,37)44-13-8(2-39-7-47)41-20(10(13)24)33-5-29-11-16(25)27-4-28-17(11)33/h4-6,8-10,13-15,20-21,47H,2-3,7H2,1H3,(H2,25,27,28)(H3,26,31,32,35). The van der Waals surface area contributed by atoms with Crippen LogP contribution in [0.25, 0.3) is 22.3 Å². The third kappa shape index (κ3) is 6.52. The molecule has 0 spiro atoms. The Morgan fingerprint density at radius 3 is 2.49 bits per heavy atom. The number of nitrogens with two attached hydrogens (primary N) is 2. The highest BCUT2D eigenvalue weighted by Gasteiger charge is 2.51. The van der Waals surface area contributed by atoms with E-state index in [9.17, 15) is 13.9 Å². The van der Waals surface area contributed by atoms with Gasteiger partial charge in [-0.2, -0.15) is 17.6 Å². The second kappa shape index (κ2) is 13.8. The molecule has 20 nitrogen and oxygen atoms in total. The van der Waals surface area contributed by atoms with E-state index in [2.05, 4.69) is 42.5 Å². The summed E-state index contributed by atoms with van der Waals surface area (Å²) in [5.41, 5.74) is 11.4. The van der Waals surface area contributed by atoms with Crippen LogP contribution in [0, 0.1) is 0 Å². The first-order valence-electron chi connectivity index (χ1n) is 13.6. The van der Waals surface area contributed by atoms with Gasteiger partial charge in [-0.3, -0.25) is 28.0 Å². The molecule has 6 rings (SSSR count). The number of hydrogen-bond acceptors (Lipinski definition) is 18. The van der Waals surface area contributed by atoms with Gasteiger partial charge in [-0.05, 0) is 0 Å². The predicted octanol–water partition coefficient (Wildman–Crippen LogP) is 0.446. The minimum absolute atomic E-state index is 0.0317. The summed E-state index contributed by atoms with van der Waals surface area (Å²) >= 11 is 4.00. The molecule has 0 amide bonds. The van der Waals surface area contributed by atoms with Crippen LogP contribution in [-0.4, -0.2) is 110 Å². The molecule has 9 atom stereocenters. The van der Waals surface area contributed by atoms with Crippen molar-refractivity contribution >= 4 is 70.4 Å². The van der Waals surface area contributed by atoms with Gasteiger partial charge in [0, 0.05) is 7.11 Å². The van der Waals surface area contributed by atoms with Crippen LogP contribution in [0.3, 0.4) is 0 Å². The highest BCUT2D eigenvalue weighted by Crippen LogP contribution is 2.50. The maximum absolute atomic E-state index is 16.0. The van der Waals surface area contributed by atoms with Crippen LogP contribution in [0.1, 0.15) is 12.5 Å². The third-order valence-corrected chi connectivity index (χ3v) is 8.99. The van der Waals surface area contributed by atoms with E-state index in [0.29, 0.717) is 0 Å². The van der Waals surface area contributed by atoms with Gasteiger partial charge in [0.25, 0.3) is 13.0 Å². The molecule has 2 aliphatic rings. The summed E-state index contributed by atoms with van der Waals surface area (Å²) in [6.45, 7) is -0.739. The second-order valence-corrected chi connectivity index (χ2v) is 12.3. The lowest BCUT2D eigenvalue weighted by Crippen LogP contribution is -2.37. The Labute approximate surface area is 271 Å². The van der Waals surface area contributed by atoms with E-state index in [1.54, 1.807) is 0 Å². The zero-order valence-corrected chi connectivity index (χ0v) is 26.8. The number of nitrogens with zero attached hydrogens (tertiary/aromatic N) is 7. The number of nitrogens with one attached hydrogen (secondary N) is 1. The van der Waals surface area contributed by atoms with Crippen molar-refractivity contribution in [1.29, 1.82) is 0 Å². The Morgan fingerprint density at radius 1 is 1.06 bits per heavy atom. The van der Waals surface area contributed by atoms with Crippen molar-refractivity contribution < 1.29 is 46.0 Å². The number of hydrogen-bond donors (Lipinski definition) is 4. The number of methoxy groups -OCH3 is 1. The minimum Gasteiger partial charge on any atom is -0.382 e. The Balaban J connectivity index is 1.20. The summed E-state index contributed by atoms with van der Waals surface area (Å²) in [6.07, 6.45) is -6.58. The highest BCUT2D eigenvalue weighted by atomic mass is 32.1. The molecule has 25 heteroatoms. The van der Waals surface area contributed by atoms with E-state index in [1.807, 2.05) is 0 Å². The molecule has 0 saturated carbocycles. The van der Waals surface area contributed by atoms with Crippen molar-refractivity contribution in [1.82, 2.24) is 39.0 Å². The molecule has 0 bridgehead atoms. The molecule has 4 aromatic rings. The number of thiol groups is 1. The van der Waals surface area contributed by atoms with Gasteiger partial charge in [0.05, 0.1) is 31.8 Å². The molecule has 6 heterocycles. The van der Waals surface area contributed by atoms with Gasteiger partial charge >= 0.3 is 8.69 Å². The number of fused-ring (bicyclic) bond motifs is 2. The molecular weight excluding hydrogens is 688 g/mol. The summed E-state index contributed by atoms with van der Waals surface area (Å²) in [6, 6.07) is 0. The molecule has 2 aliphatic heterocycles. The SMILES string of the molecule is [B]P(=O)(OCC1OC(n2cnc3c(=O)[nH]c(N)nc32)C(OP=O)C1OC)OC1C(COCS)OC(n2cnc3c(N)ncnc32)C1F. The number of nitrogen functional groups attached to an aromatic ring is 2. The van der Waals surface area contributed by atoms with Gasteiger partial charge in [0.15, 0.2) is 41.3 Å². The van der Waals surface area contributed by atoms with Crippen LogP contribution in [-0.2, 0) is 41.6 Å². The molecule has 2 fully saturated rings. The van der Waals surface area contributed by atoms with E-state index in [-0.39, 0.29) is 46.6 Å². The molecule has 2 radical (unpaired) electrons. The lowest BCUT2D eigenvalue weighted by molar-refractivity contribution is -0.0590. The van der Waals surface area contributed by atoms with Crippen LogP contribution in [0.4, 0.5) is 16.2 Å². The first-order chi connectivity index (χ1) is 22.6. The van der Waals surface area contributed by atoms with Crippen LogP contribution >= 0.6 is 28.8 Å². The van der Waals surface area contributed by atoms with E-state index < -0.39 is 77.5 Å². The number of anilines is 2. The highest BCUT2D eigenvalue weighted by molar-refractivity contribution is 7.80. The molecule has 4 aromatic heterocycles. The first kappa shape index (κ1) is 33.8. The maximum atomic E-state index is 16.0. The normalized spacial score (nSPS) is 29.3. The van der Waals surface area contributed by atoms with Crippen molar-refractivity contribution in [3.05, 3.63) is 29.3 Å². The number of imidazole rings is 2. The molecule has 2 saturated heterocycles. The number of aromatic nitrogens is 8. The summed E-state index contributed by atoms with van der Waals surface area (Å²) in [7, 11) is 1.97. The minimum atomic E-state index is -4.56. The molecular formula is C22H26BFN10O10P2S. The zero-order chi connectivity index (χ0) is 33.5. The van der Waals surface area contributed by atoms with Crippen LogP contribution in [0.15, 0.2) is 23.8 Å². The maximum Gasteiger partial charge on any atom is 0.327 e. The van der Waals surface area contributed by atoms with Crippen LogP contribution in [0.5, 0.6) is 0 Å². The topological polar surface area (TPSA) is 258 Å². The van der Waals surface area contributed by atoms with Gasteiger partial charge in [-0.15, -0.1) is 0 Å². The smallest absolute Gasteiger partial charge is 0.327 e. The number of halogens is 1. The summed E-state index contributed by atoms with van der Waals surface area (Å²) in [4.78, 5) is 34.9. The van der Waals surface area contributed by atoms with E-state index >= 15 is 4.39 Å². The fourth-order valence-electron chi connectivity index (χ4n) is 5.42.